The minimum absolute atomic E-state index is 0. The minimum atomic E-state index is -0.780. The van der Waals surface area contributed by atoms with Gasteiger partial charge in [-0.25, -0.2) is 15.1 Å². The van der Waals surface area contributed by atoms with Gasteiger partial charge in [-0.1, -0.05) is 175 Å². The van der Waals surface area contributed by atoms with Gasteiger partial charge in [0.15, 0.2) is 73.2 Å². The van der Waals surface area contributed by atoms with E-state index in [-0.39, 0.29) is 149 Å². The zero-order chi connectivity index (χ0) is 94.3. The summed E-state index contributed by atoms with van der Waals surface area (Å²) in [5.41, 5.74) is 5.97. The van der Waals surface area contributed by atoms with Gasteiger partial charge < -0.3 is 120 Å². The summed E-state index contributed by atoms with van der Waals surface area (Å²) in [6.07, 6.45) is 13.6. The van der Waals surface area contributed by atoms with E-state index in [4.69, 9.17) is 96.2 Å². The van der Waals surface area contributed by atoms with Crippen molar-refractivity contribution in [2.24, 2.45) is 36.1 Å². The van der Waals surface area contributed by atoms with E-state index < -0.39 is 17.8 Å². The first-order chi connectivity index (χ1) is 64.5. The van der Waals surface area contributed by atoms with E-state index in [0.717, 1.165) is 115 Å². The van der Waals surface area contributed by atoms with Crippen molar-refractivity contribution in [1.29, 1.82) is 0 Å². The summed E-state index contributed by atoms with van der Waals surface area (Å²) in [6, 6.07) is 49.2. The fourth-order valence-corrected chi connectivity index (χ4v) is 12.8. The molecule has 0 bridgehead atoms. The molecular formula is C100H142N8O31. The highest BCUT2D eigenvalue weighted by Crippen LogP contribution is 2.32. The number of carbonyl (C=O) groups excluding carboxylic acids is 5. The summed E-state index contributed by atoms with van der Waals surface area (Å²) in [7, 11) is 10.8. The van der Waals surface area contributed by atoms with Crippen LogP contribution < -0.4 is 29.2 Å². The predicted octanol–water partition coefficient (Wildman–Crippen LogP) is 16.8. The fraction of sp³-hybridized carbons (Fsp3) is 0.460. The van der Waals surface area contributed by atoms with E-state index in [1.807, 2.05) is 54.6 Å². The third-order valence-electron chi connectivity index (χ3n) is 19.2. The van der Waals surface area contributed by atoms with Crippen molar-refractivity contribution >= 4 is 70.1 Å². The lowest BCUT2D eigenvalue weighted by atomic mass is 10.1. The molecule has 39 nitrogen and oxygen atoms in total. The zero-order valence-electron chi connectivity index (χ0n) is 74.9. The van der Waals surface area contributed by atoms with E-state index >= 15 is 0 Å². The highest BCUT2D eigenvalue weighted by Gasteiger charge is 2.30. The van der Waals surface area contributed by atoms with Crippen LogP contribution in [0.1, 0.15) is 187 Å². The molecule has 7 aromatic rings. The molecule has 5 unspecified atom stereocenters. The average Bonchev–Trinajstić information content (AvgIpc) is 0.829. The second-order valence-electron chi connectivity index (χ2n) is 28.3. The van der Waals surface area contributed by atoms with E-state index in [1.165, 1.54) is 62.9 Å². The lowest BCUT2D eigenvalue weighted by Gasteiger charge is -2.25. The standard InChI is InChI=1S/C16H20N2O5.C15H19NO5.C14H18N2O5.C14H17NO5.C14H18O4.C11H12N2O4.C9H10O3.7CH4/c1-19-17-15(16-18-22-11-10-21-16)12-6-2-3-7-13(12)23-14-8-4-5-9-20-14;1-18-15(17)14(16-19-2)11-7-3-4-8-12(11)21-13-9-5-6-10-20-13;1-19-16-13(14(17)15-18)10-6-2-3-7-11(10)21-12-8-4-5-9-20-12;1-18-14(16)13(15-17)10-6-2-3-7-11(10)20-12-8-4-5-9-19-12;1-16-13(15)10-11-6-2-3-7-12(11)18-14-8-4-5-9-17-14;1-15-12-10(11-13-17-7-6-16-11)8-4-2-3-5-9(8)14;1-12-9(11)6-7-4-2-3-5-8(7)10;;;;;;;/h2-3,6-7,14H,4-5,8-11H2,1H3;3-4,7-8,13H,5-6,9-10H2,1-2H3;2-3,6-7,12,18H,4-5,8-9H2,1H3,(H,15,17);2-3,6-7,12,17H,4-5,8-9H2,1H3;2-3,6-7,14H,4-5,8-10H2,1H3;2-5,14H,6-7H2,1H3;2-5,10H,6H2,1H3;7*1H4/b17-15+;16-14+;16-13+;15-13+;;12-10+;;;;;;;;. The number of oxime groups is 7. The van der Waals surface area contributed by atoms with Crippen LogP contribution in [0.15, 0.2) is 206 Å². The number of benzene rings is 7. The topological polar surface area (TPSA) is 468 Å². The molecule has 5 fully saturated rings. The van der Waals surface area contributed by atoms with Gasteiger partial charge in [0.25, 0.3) is 17.7 Å². The van der Waals surface area contributed by atoms with Crippen LogP contribution in [0.4, 0.5) is 0 Å². The number of phenols is 2. The quantitative estimate of drug-likeness (QED) is 0.00759. The third-order valence-corrected chi connectivity index (χ3v) is 19.2. The summed E-state index contributed by atoms with van der Waals surface area (Å²) in [5.74, 6) is 0.699. The molecule has 39 heteroatoms. The lowest BCUT2D eigenvalue weighted by molar-refractivity contribution is -0.140. The van der Waals surface area contributed by atoms with Gasteiger partial charge in [0.1, 0.15) is 81.9 Å². The molecule has 5 saturated heterocycles. The van der Waals surface area contributed by atoms with Crippen LogP contribution in [0.5, 0.6) is 40.2 Å². The molecule has 0 saturated carbocycles. The van der Waals surface area contributed by atoms with Crippen LogP contribution >= 0.6 is 0 Å². The molecule has 7 heterocycles. The number of hydrogen-bond acceptors (Lipinski definition) is 38. The Kier molecular flexibility index (Phi) is 62.7. The molecule has 0 spiro atoms. The number of nitrogens with zero attached hydrogens (tertiary/aromatic N) is 7. The van der Waals surface area contributed by atoms with E-state index in [9.17, 15) is 34.2 Å². The summed E-state index contributed by atoms with van der Waals surface area (Å²) in [5, 5.41) is 62.7. The van der Waals surface area contributed by atoms with Crippen molar-refractivity contribution in [3.05, 3.63) is 209 Å². The summed E-state index contributed by atoms with van der Waals surface area (Å²) in [4.78, 5) is 86.3. The summed E-state index contributed by atoms with van der Waals surface area (Å²) < 4.78 is 86.2. The number of esters is 4. The first-order valence-corrected chi connectivity index (χ1v) is 42.5. The Morgan fingerprint density at radius 2 is 0.640 bits per heavy atom. The number of para-hydroxylation sites is 7. The van der Waals surface area contributed by atoms with Crippen LogP contribution in [-0.4, -0.2) is 239 Å². The molecule has 139 heavy (non-hydrogen) atoms. The molecule has 0 aromatic heterocycles. The molecule has 0 aliphatic carbocycles. The van der Waals surface area contributed by atoms with Gasteiger partial charge in [-0.2, -0.15) is 0 Å². The van der Waals surface area contributed by atoms with Crippen molar-refractivity contribution < 1.29 is 149 Å². The van der Waals surface area contributed by atoms with Crippen molar-refractivity contribution in [2.45, 2.75) is 193 Å². The highest BCUT2D eigenvalue weighted by molar-refractivity contribution is 6.47. The van der Waals surface area contributed by atoms with Gasteiger partial charge in [-0.05, 0) is 147 Å². The van der Waals surface area contributed by atoms with Crippen LogP contribution in [0.25, 0.3) is 0 Å². The molecule has 768 valence electrons. The Morgan fingerprint density at radius 3 is 0.978 bits per heavy atom. The van der Waals surface area contributed by atoms with Gasteiger partial charge in [0.2, 0.25) is 0 Å². The smallest absolute Gasteiger partial charge is 0.360 e. The second kappa shape index (κ2) is 70.7. The SMILES string of the molecule is C.C.C.C.C.C.C.CO/N=C(/C(=O)NO)c1ccccc1OC1CCCCO1.CO/N=C(/C(=O)OC)c1ccccc1OC1CCCCO1.CO/N=C(/C1=NOCCO1)c1ccccc1O.CO/N=C(/C1=NOCCO1)c1ccccc1OC1CCCCO1.COC(=O)/C(=N/O)c1ccccc1OC1CCCCO1.COC(=O)Cc1ccccc1O.COC(=O)Cc1ccccc1OC1CCCCO1. The molecule has 0 radical (unpaired) electrons. The maximum absolute atomic E-state index is 11.8. The molecule has 7 aliphatic rings. The van der Waals surface area contributed by atoms with E-state index in [0.29, 0.717) is 120 Å². The van der Waals surface area contributed by atoms with Crippen molar-refractivity contribution in [2.75, 3.05) is 116 Å². The number of aromatic hydroxyl groups is 2. The van der Waals surface area contributed by atoms with Crippen LogP contribution in [0.3, 0.4) is 0 Å². The Bertz CT molecular complexity index is 4830. The van der Waals surface area contributed by atoms with E-state index in [1.54, 1.807) is 115 Å². The van der Waals surface area contributed by atoms with Crippen molar-refractivity contribution in [3.63, 3.8) is 0 Å². The monoisotopic (exact) mass is 1950 g/mol. The number of amides is 1. The van der Waals surface area contributed by atoms with Gasteiger partial charge in [0, 0.05) is 43.2 Å². The Morgan fingerprint density at radius 1 is 0.338 bits per heavy atom. The molecule has 5 atom stereocenters. The maximum atomic E-state index is 11.8. The van der Waals surface area contributed by atoms with Crippen molar-refractivity contribution in [1.82, 2.24) is 5.48 Å². The molecule has 1 amide bonds. The van der Waals surface area contributed by atoms with Crippen LogP contribution in [0.2, 0.25) is 0 Å². The molecule has 7 aromatic carbocycles. The van der Waals surface area contributed by atoms with E-state index in [2.05, 4.69) is 55.1 Å². The Labute approximate surface area is 815 Å². The minimum Gasteiger partial charge on any atom is -0.508 e. The number of hydroxylamine groups is 1. The highest BCUT2D eigenvalue weighted by atomic mass is 16.7. The molecular weight excluding hydrogens is 1810 g/mol. The van der Waals surface area contributed by atoms with Crippen LogP contribution in [0, 0.1) is 0 Å². The number of methoxy groups -OCH3 is 4. The number of ether oxygens (including phenoxy) is 16. The number of carbonyl (C=O) groups is 5. The Hall–Kier alpha value is -13.9. The second-order valence-corrected chi connectivity index (χ2v) is 28.3. The summed E-state index contributed by atoms with van der Waals surface area (Å²) >= 11 is 0. The summed E-state index contributed by atoms with van der Waals surface area (Å²) in [6.45, 7) is 5.06. The largest absolute Gasteiger partial charge is 0.508 e. The van der Waals surface area contributed by atoms with Gasteiger partial charge in [0.05, 0.1) is 102 Å². The Balaban J connectivity index is 0.000000809. The van der Waals surface area contributed by atoms with Gasteiger partial charge >= 0.3 is 23.9 Å². The number of phenolic OH excluding ortho intramolecular Hbond substituents is 2. The lowest BCUT2D eigenvalue weighted by Crippen LogP contribution is -2.30. The average molecular weight is 1950 g/mol. The number of nitrogens with one attached hydrogen (secondary N) is 1. The molecule has 14 rings (SSSR count). The zero-order valence-corrected chi connectivity index (χ0v) is 74.9. The molecule has 5 N–H and O–H groups in total. The van der Waals surface area contributed by atoms with Crippen molar-refractivity contribution in [3.8, 4) is 40.2 Å². The van der Waals surface area contributed by atoms with Gasteiger partial charge in [-0.3, -0.25) is 19.6 Å². The number of rotatable bonds is 28. The van der Waals surface area contributed by atoms with Crippen LogP contribution in [-0.2, 0) is 118 Å². The maximum Gasteiger partial charge on any atom is 0.360 e. The first-order valence-electron chi connectivity index (χ1n) is 42.5. The third kappa shape index (κ3) is 41.5. The molecule has 7 aliphatic heterocycles. The first kappa shape index (κ1) is 123. The number of hydrogen-bond donors (Lipinski definition) is 5. The fourth-order valence-electron chi connectivity index (χ4n) is 12.8. The normalized spacial score (nSPS) is 17.3. The van der Waals surface area contributed by atoms with Gasteiger partial charge in [-0.15, -0.1) is 0 Å². The predicted molar refractivity (Wildman–Crippen MR) is 523 cm³/mol.